The van der Waals surface area contributed by atoms with Crippen molar-refractivity contribution in [2.24, 2.45) is 0 Å². The van der Waals surface area contributed by atoms with Gasteiger partial charge in [-0.15, -0.1) is 0 Å². The molecule has 0 heteroatoms. The smallest absolute Gasteiger partial charge is 0.00885 e. The van der Waals surface area contributed by atoms with E-state index in [0.717, 1.165) is 6.42 Å². The van der Waals surface area contributed by atoms with Crippen LogP contribution in [0.3, 0.4) is 0 Å². The predicted octanol–water partition coefficient (Wildman–Crippen LogP) is 2.20. The van der Waals surface area contributed by atoms with Gasteiger partial charge in [0.25, 0.3) is 0 Å². The van der Waals surface area contributed by atoms with Crippen molar-refractivity contribution < 1.29 is 0 Å². The molecule has 2 rings (SSSR count). The molecule has 0 nitrogen and oxygen atoms in total. The maximum absolute atomic E-state index is 2.28. The second kappa shape index (κ2) is 1.35. The molecule has 0 radical (unpaired) electrons. The topological polar surface area (TPSA) is 0 Å². The fourth-order valence-corrected chi connectivity index (χ4v) is 0.983. The molecule has 8 heavy (non-hydrogen) atoms. The van der Waals surface area contributed by atoms with E-state index in [0.29, 0.717) is 0 Å². The van der Waals surface area contributed by atoms with Gasteiger partial charge < -0.3 is 0 Å². The van der Waals surface area contributed by atoms with Gasteiger partial charge in [-0.2, -0.15) is 0 Å². The first-order chi connectivity index (χ1) is 3.97. The van der Waals surface area contributed by atoms with Crippen molar-refractivity contribution in [2.75, 3.05) is 0 Å². The van der Waals surface area contributed by atoms with Crippen LogP contribution >= 0.6 is 0 Å². The molecule has 0 amide bonds. The van der Waals surface area contributed by atoms with E-state index in [4.69, 9.17) is 0 Å². The summed E-state index contributed by atoms with van der Waals surface area (Å²) < 4.78 is 0. The van der Waals surface area contributed by atoms with E-state index in [1.807, 2.05) is 0 Å². The molecule has 40 valence electrons. The van der Waals surface area contributed by atoms with Crippen LogP contribution in [-0.4, -0.2) is 0 Å². The van der Waals surface area contributed by atoms with Crippen molar-refractivity contribution in [3.8, 4) is 0 Å². The molecular formula is C8H8. The molecule has 2 aliphatic rings. The highest BCUT2D eigenvalue weighted by Crippen LogP contribution is 2.30. The molecule has 0 unspecified atom stereocenters. The lowest BCUT2D eigenvalue weighted by molar-refractivity contribution is 1.43. The minimum Gasteiger partial charge on any atom is -0.0801 e. The van der Waals surface area contributed by atoms with Crippen molar-refractivity contribution >= 4 is 0 Å². The quantitative estimate of drug-likeness (QED) is 0.478. The highest BCUT2D eigenvalue weighted by atomic mass is 14.2. The lowest BCUT2D eigenvalue weighted by atomic mass is 10.2. The molecule has 0 N–H and O–H groups in total. The molecule has 0 aliphatic heterocycles. The van der Waals surface area contributed by atoms with Crippen molar-refractivity contribution in [2.45, 2.75) is 12.8 Å². The van der Waals surface area contributed by atoms with E-state index < -0.39 is 0 Å². The summed E-state index contributed by atoms with van der Waals surface area (Å²) >= 11 is 0. The van der Waals surface area contributed by atoms with E-state index in [9.17, 15) is 0 Å². The fourth-order valence-electron chi connectivity index (χ4n) is 0.983. The Kier molecular flexibility index (Phi) is 0.696. The minimum absolute atomic E-state index is 1.15. The van der Waals surface area contributed by atoms with Gasteiger partial charge in [0, 0.05) is 0 Å². The van der Waals surface area contributed by atoms with Gasteiger partial charge >= 0.3 is 0 Å². The SMILES string of the molecule is C1=CC(C2=CC2)=CC1. The van der Waals surface area contributed by atoms with Crippen LogP contribution in [0.2, 0.25) is 0 Å². The summed E-state index contributed by atoms with van der Waals surface area (Å²) in [6.45, 7) is 0. The monoisotopic (exact) mass is 104 g/mol. The summed E-state index contributed by atoms with van der Waals surface area (Å²) in [5.41, 5.74) is 3.00. The van der Waals surface area contributed by atoms with Gasteiger partial charge in [0.15, 0.2) is 0 Å². The number of hydrogen-bond acceptors (Lipinski definition) is 0. The number of rotatable bonds is 1. The summed E-state index contributed by atoms with van der Waals surface area (Å²) in [4.78, 5) is 0. The van der Waals surface area contributed by atoms with Gasteiger partial charge in [0.1, 0.15) is 0 Å². The highest BCUT2D eigenvalue weighted by molar-refractivity contribution is 5.51. The third-order valence-electron chi connectivity index (χ3n) is 1.55. The van der Waals surface area contributed by atoms with Gasteiger partial charge in [0.05, 0.1) is 0 Å². The third-order valence-corrected chi connectivity index (χ3v) is 1.55. The Labute approximate surface area is 49.2 Å². The molecule has 0 saturated carbocycles. The molecule has 0 aromatic carbocycles. The van der Waals surface area contributed by atoms with Crippen molar-refractivity contribution in [1.82, 2.24) is 0 Å². The van der Waals surface area contributed by atoms with Gasteiger partial charge in [-0.3, -0.25) is 0 Å². The summed E-state index contributed by atoms with van der Waals surface area (Å²) in [5, 5.41) is 0. The van der Waals surface area contributed by atoms with Crippen LogP contribution in [0.4, 0.5) is 0 Å². The summed E-state index contributed by atoms with van der Waals surface area (Å²) in [5.74, 6) is 0. The first-order valence-electron chi connectivity index (χ1n) is 3.03. The molecule has 0 aromatic heterocycles. The zero-order chi connectivity index (χ0) is 5.40. The molecule has 0 heterocycles. The largest absolute Gasteiger partial charge is 0.0801 e. The number of allylic oxidation sites excluding steroid dienone is 6. The van der Waals surface area contributed by atoms with Crippen molar-refractivity contribution in [3.63, 3.8) is 0 Å². The molecule has 0 aromatic rings. The zero-order valence-electron chi connectivity index (χ0n) is 4.72. The van der Waals surface area contributed by atoms with Gasteiger partial charge in [-0.05, 0) is 24.0 Å². The zero-order valence-corrected chi connectivity index (χ0v) is 4.72. The first kappa shape index (κ1) is 4.13. The van der Waals surface area contributed by atoms with E-state index in [-0.39, 0.29) is 0 Å². The number of hydrogen-bond donors (Lipinski definition) is 0. The Morgan fingerprint density at radius 3 is 2.62 bits per heavy atom. The first-order valence-corrected chi connectivity index (χ1v) is 3.03. The molecule has 0 saturated heterocycles. The van der Waals surface area contributed by atoms with Crippen LogP contribution in [0.25, 0.3) is 0 Å². The maximum Gasteiger partial charge on any atom is -0.00885 e. The van der Waals surface area contributed by atoms with E-state index in [1.54, 1.807) is 5.57 Å². The van der Waals surface area contributed by atoms with E-state index in [1.165, 1.54) is 12.0 Å². The van der Waals surface area contributed by atoms with Crippen LogP contribution in [-0.2, 0) is 0 Å². The third kappa shape index (κ3) is 0.532. The summed E-state index contributed by atoms with van der Waals surface area (Å²) in [6, 6.07) is 0. The van der Waals surface area contributed by atoms with E-state index >= 15 is 0 Å². The van der Waals surface area contributed by atoms with Crippen LogP contribution < -0.4 is 0 Å². The van der Waals surface area contributed by atoms with Crippen LogP contribution in [0.1, 0.15) is 12.8 Å². The van der Waals surface area contributed by atoms with Crippen LogP contribution in [0.15, 0.2) is 35.5 Å². The maximum atomic E-state index is 2.28. The lowest BCUT2D eigenvalue weighted by Gasteiger charge is -1.83. The van der Waals surface area contributed by atoms with Gasteiger partial charge in [0.2, 0.25) is 0 Å². The lowest BCUT2D eigenvalue weighted by Crippen LogP contribution is -1.64. The second-order valence-corrected chi connectivity index (χ2v) is 2.23. The molecule has 0 atom stereocenters. The summed E-state index contributed by atoms with van der Waals surface area (Å²) in [6.07, 6.45) is 11.3. The fraction of sp³-hybridized carbons (Fsp3) is 0.250. The molecular weight excluding hydrogens is 96.1 g/mol. The van der Waals surface area contributed by atoms with Crippen LogP contribution in [0.5, 0.6) is 0 Å². The Bertz CT molecular complexity index is 192. The second-order valence-electron chi connectivity index (χ2n) is 2.23. The van der Waals surface area contributed by atoms with Gasteiger partial charge in [-0.25, -0.2) is 0 Å². The Morgan fingerprint density at radius 2 is 2.12 bits per heavy atom. The Hall–Kier alpha value is -0.780. The predicted molar refractivity (Wildman–Crippen MR) is 34.5 cm³/mol. The molecule has 2 aliphatic carbocycles. The standard InChI is InChI=1S/C8H8/c1-2-4-7(3-1)8-5-6-8/h1,3-5H,2,6H2. The van der Waals surface area contributed by atoms with Crippen molar-refractivity contribution in [3.05, 3.63) is 35.5 Å². The normalized spacial score (nSPS) is 23.0. The molecule has 0 spiro atoms. The Morgan fingerprint density at radius 1 is 1.25 bits per heavy atom. The molecule has 0 fully saturated rings. The van der Waals surface area contributed by atoms with Crippen molar-refractivity contribution in [1.29, 1.82) is 0 Å². The van der Waals surface area contributed by atoms with Gasteiger partial charge in [-0.1, -0.05) is 24.3 Å². The average molecular weight is 104 g/mol. The van der Waals surface area contributed by atoms with Crippen LogP contribution in [0, 0.1) is 0 Å². The average Bonchev–Trinajstić information content (AvgIpc) is 2.49. The summed E-state index contributed by atoms with van der Waals surface area (Å²) in [7, 11) is 0. The minimum atomic E-state index is 1.15. The molecule has 0 bridgehead atoms. The highest BCUT2D eigenvalue weighted by Gasteiger charge is 2.11. The van der Waals surface area contributed by atoms with E-state index in [2.05, 4.69) is 24.3 Å². The Balaban J connectivity index is 2.25.